The number of H-pyrrole nitrogens is 2. The highest BCUT2D eigenvalue weighted by Gasteiger charge is 2.58. The van der Waals surface area contributed by atoms with Crippen LogP contribution in [0.25, 0.3) is 33.6 Å². The Hall–Kier alpha value is -4.28. The number of rotatable bonds is 9. The molecule has 12 atom stereocenters. The van der Waals surface area contributed by atoms with Crippen LogP contribution in [0.1, 0.15) is 94.4 Å². The molecular weight excluding hydrogens is 685 g/mol. The van der Waals surface area contributed by atoms with Crippen LogP contribution in [0.5, 0.6) is 0 Å². The number of aromatic amines is 2. The van der Waals surface area contributed by atoms with Gasteiger partial charge in [0.2, 0.25) is 11.8 Å². The number of carbonyl (C=O) groups is 2. The van der Waals surface area contributed by atoms with E-state index in [1.54, 1.807) is 0 Å². The SMILES string of the molecule is NC(C(=O)N1C(c2ncc(-c3ccc(-c4ccc(-c5cnc(C6CC7CC7N6C(=O)C(N)C6CC7CC7C6)[nH]5)cc4)cc3)[nH]2)CC2CCC21)C1CC2CC2C1. The fourth-order valence-corrected chi connectivity index (χ4v) is 12.2. The minimum Gasteiger partial charge on any atom is -0.340 e. The van der Waals surface area contributed by atoms with Gasteiger partial charge in [-0.25, -0.2) is 9.97 Å². The maximum atomic E-state index is 13.9. The number of fused-ring (bicyclic) bond motifs is 4. The molecule has 12 rings (SSSR count). The quantitative estimate of drug-likeness (QED) is 0.152. The van der Waals surface area contributed by atoms with Crippen molar-refractivity contribution in [2.24, 2.45) is 58.8 Å². The number of aromatic nitrogens is 4. The molecule has 2 aromatic heterocycles. The van der Waals surface area contributed by atoms with Crippen molar-refractivity contribution in [3.8, 4) is 33.6 Å². The lowest BCUT2D eigenvalue weighted by atomic mass is 9.80. The minimum absolute atomic E-state index is 0.0179. The molecule has 2 aromatic carbocycles. The third-order valence-corrected chi connectivity index (χ3v) is 15.9. The lowest BCUT2D eigenvalue weighted by molar-refractivity contribution is -0.139. The summed E-state index contributed by atoms with van der Waals surface area (Å²) >= 11 is 0. The van der Waals surface area contributed by atoms with Gasteiger partial charge in [-0.1, -0.05) is 48.5 Å². The number of carbonyl (C=O) groups excluding carboxylic acids is 2. The molecule has 6 saturated carbocycles. The van der Waals surface area contributed by atoms with E-state index in [0.29, 0.717) is 35.8 Å². The second-order valence-electron chi connectivity index (χ2n) is 19.0. The second-order valence-corrected chi connectivity index (χ2v) is 19.0. The zero-order valence-corrected chi connectivity index (χ0v) is 31.4. The number of nitrogens with one attached hydrogen (secondary N) is 2. The number of nitrogens with zero attached hydrogens (tertiary/aromatic N) is 4. The van der Waals surface area contributed by atoms with Crippen LogP contribution in [-0.2, 0) is 9.59 Å². The first-order valence-electron chi connectivity index (χ1n) is 21.3. The summed E-state index contributed by atoms with van der Waals surface area (Å²) in [5.74, 6) is 7.12. The van der Waals surface area contributed by atoms with Gasteiger partial charge in [-0.15, -0.1) is 0 Å². The van der Waals surface area contributed by atoms with Gasteiger partial charge in [0.15, 0.2) is 0 Å². The Kier molecular flexibility index (Phi) is 7.25. The van der Waals surface area contributed by atoms with Gasteiger partial charge in [0, 0.05) is 12.1 Å². The number of hydrogen-bond donors (Lipinski definition) is 4. The average molecular weight is 737 g/mol. The molecule has 4 heterocycles. The van der Waals surface area contributed by atoms with Gasteiger partial charge >= 0.3 is 0 Å². The molecule has 10 nitrogen and oxygen atoms in total. The van der Waals surface area contributed by atoms with E-state index in [1.807, 2.05) is 12.4 Å². The molecule has 6 aliphatic carbocycles. The molecular formula is C45H52N8O2. The zero-order valence-electron chi connectivity index (χ0n) is 31.4. The van der Waals surface area contributed by atoms with Gasteiger partial charge in [-0.2, -0.15) is 0 Å². The van der Waals surface area contributed by atoms with Crippen molar-refractivity contribution in [2.45, 2.75) is 107 Å². The van der Waals surface area contributed by atoms with Gasteiger partial charge in [0.25, 0.3) is 0 Å². The highest BCUT2D eigenvalue weighted by Crippen LogP contribution is 2.58. The van der Waals surface area contributed by atoms with Crippen molar-refractivity contribution in [2.75, 3.05) is 0 Å². The van der Waals surface area contributed by atoms with Crippen molar-refractivity contribution in [1.29, 1.82) is 0 Å². The summed E-state index contributed by atoms with van der Waals surface area (Å²) in [6.07, 6.45) is 16.3. The normalized spacial score (nSPS) is 37.1. The van der Waals surface area contributed by atoms with Crippen LogP contribution in [-0.4, -0.2) is 65.7 Å². The maximum Gasteiger partial charge on any atom is 0.240 e. The fourth-order valence-electron chi connectivity index (χ4n) is 12.2. The van der Waals surface area contributed by atoms with Gasteiger partial charge in [-0.3, -0.25) is 9.59 Å². The van der Waals surface area contributed by atoms with E-state index in [2.05, 4.69) is 68.3 Å². The topological polar surface area (TPSA) is 150 Å². The summed E-state index contributed by atoms with van der Waals surface area (Å²) in [7, 11) is 0. The standard InChI is InChI=1S/C45H52N8O2/c46-40(32-13-27-11-28(27)14-32)44(54)52-36-10-9-26(36)17-38(52)42-48-20-34(50-42)24-5-1-22(2-6-24)23-3-7-25(8-4-23)35-21-49-43(51-35)39-19-31-18-37(31)53(39)45(55)41(47)33-15-29-12-30(29)16-33/h1-8,20-21,26-33,36-41H,9-19,46-47H2,(H,48,50)(H,49,51). The smallest absolute Gasteiger partial charge is 0.240 e. The van der Waals surface area contributed by atoms with Gasteiger partial charge in [0.05, 0.1) is 47.9 Å². The van der Waals surface area contributed by atoms with Crippen molar-refractivity contribution in [3.63, 3.8) is 0 Å². The Bertz CT molecular complexity index is 2140. The number of likely N-dealkylation sites (tertiary alicyclic amines) is 2. The van der Waals surface area contributed by atoms with E-state index in [1.165, 1.54) is 19.3 Å². The highest BCUT2D eigenvalue weighted by molar-refractivity contribution is 5.84. The zero-order chi connectivity index (χ0) is 36.7. The molecule has 0 spiro atoms. The number of piperidine rings is 1. The number of hydrogen-bond acceptors (Lipinski definition) is 6. The highest BCUT2D eigenvalue weighted by atomic mass is 16.2. The van der Waals surface area contributed by atoms with Gasteiger partial charge in [0.1, 0.15) is 11.6 Å². The predicted octanol–water partition coefficient (Wildman–Crippen LogP) is 6.59. The van der Waals surface area contributed by atoms with Crippen LogP contribution in [0.15, 0.2) is 60.9 Å². The summed E-state index contributed by atoms with van der Waals surface area (Å²) in [6, 6.07) is 17.0. The van der Waals surface area contributed by atoms with Crippen molar-refractivity contribution >= 4 is 11.8 Å². The molecule has 10 heteroatoms. The Balaban J connectivity index is 0.715. The van der Waals surface area contributed by atoms with Crippen LogP contribution in [0.4, 0.5) is 0 Å². The van der Waals surface area contributed by atoms with E-state index >= 15 is 0 Å². The first-order chi connectivity index (χ1) is 26.8. The first kappa shape index (κ1) is 32.9. The summed E-state index contributed by atoms with van der Waals surface area (Å²) in [5, 5.41) is 0. The number of imidazole rings is 2. The fraction of sp³-hybridized carbons (Fsp3) is 0.556. The molecule has 8 fully saturated rings. The van der Waals surface area contributed by atoms with E-state index in [4.69, 9.17) is 21.4 Å². The average Bonchev–Trinajstić information content (AvgIpc) is 3.93. The number of nitrogens with two attached hydrogens (primary N) is 2. The summed E-state index contributed by atoms with van der Waals surface area (Å²) in [4.78, 5) is 48.7. The van der Waals surface area contributed by atoms with Crippen LogP contribution in [0.3, 0.4) is 0 Å². The van der Waals surface area contributed by atoms with Crippen LogP contribution in [0, 0.1) is 47.3 Å². The number of amides is 2. The molecule has 6 N–H and O–H groups in total. The molecule has 0 bridgehead atoms. The Morgan fingerprint density at radius 1 is 0.527 bits per heavy atom. The van der Waals surface area contributed by atoms with E-state index in [9.17, 15) is 9.59 Å². The molecule has 2 amide bonds. The lowest BCUT2D eigenvalue weighted by Crippen LogP contribution is -2.52. The van der Waals surface area contributed by atoms with Crippen molar-refractivity contribution in [3.05, 3.63) is 72.6 Å². The Labute approximate surface area is 322 Å². The van der Waals surface area contributed by atoms with Crippen LogP contribution < -0.4 is 11.5 Å². The summed E-state index contributed by atoms with van der Waals surface area (Å²) in [6.45, 7) is 0. The first-order valence-corrected chi connectivity index (χ1v) is 21.3. The minimum atomic E-state index is -0.385. The molecule has 4 aromatic rings. The van der Waals surface area contributed by atoms with Crippen molar-refractivity contribution in [1.82, 2.24) is 29.7 Å². The second kappa shape index (κ2) is 12.1. The molecule has 55 heavy (non-hydrogen) atoms. The molecule has 0 radical (unpaired) electrons. The molecule has 2 saturated heterocycles. The van der Waals surface area contributed by atoms with Crippen LogP contribution >= 0.6 is 0 Å². The maximum absolute atomic E-state index is 13.9. The van der Waals surface area contributed by atoms with Crippen LogP contribution in [0.2, 0.25) is 0 Å². The monoisotopic (exact) mass is 736 g/mol. The van der Waals surface area contributed by atoms with Gasteiger partial charge < -0.3 is 31.2 Å². The third kappa shape index (κ3) is 5.41. The van der Waals surface area contributed by atoms with E-state index < -0.39 is 0 Å². The summed E-state index contributed by atoms with van der Waals surface area (Å²) < 4.78 is 0. The number of benzene rings is 2. The molecule has 284 valence electrons. The Morgan fingerprint density at radius 3 is 1.42 bits per heavy atom. The van der Waals surface area contributed by atoms with E-state index in [0.717, 1.165) is 120 Å². The summed E-state index contributed by atoms with van der Waals surface area (Å²) in [5.41, 5.74) is 19.7. The third-order valence-electron chi connectivity index (χ3n) is 15.9. The molecule has 8 aliphatic rings. The Morgan fingerprint density at radius 2 is 0.964 bits per heavy atom. The molecule has 2 aliphatic heterocycles. The molecule has 12 unspecified atom stereocenters. The van der Waals surface area contributed by atoms with E-state index in [-0.39, 0.29) is 36.0 Å². The lowest BCUT2D eigenvalue weighted by Gasteiger charge is -2.39. The van der Waals surface area contributed by atoms with Crippen molar-refractivity contribution < 1.29 is 9.59 Å². The van der Waals surface area contributed by atoms with Gasteiger partial charge in [-0.05, 0) is 140 Å². The predicted molar refractivity (Wildman–Crippen MR) is 208 cm³/mol. The largest absolute Gasteiger partial charge is 0.340 e.